The van der Waals surface area contributed by atoms with Gasteiger partial charge in [-0.3, -0.25) is 10.1 Å². The van der Waals surface area contributed by atoms with Crippen LogP contribution in [0.4, 0.5) is 5.13 Å². The SMILES string of the molecule is CCC(OCc1cccc(-c2csc(NC(=O)c3cc(Cl)c(C=C(C)C(=O)O)c(Cl)c3)n2)c1OC)C1CCCCC1. The van der Waals surface area contributed by atoms with Crippen LogP contribution >= 0.6 is 34.5 Å². The minimum atomic E-state index is -1.09. The monoisotopic (exact) mass is 616 g/mol. The number of aromatic nitrogens is 1. The van der Waals surface area contributed by atoms with E-state index in [9.17, 15) is 9.59 Å². The van der Waals surface area contributed by atoms with Gasteiger partial charge in [0.15, 0.2) is 5.13 Å². The van der Waals surface area contributed by atoms with Gasteiger partial charge >= 0.3 is 5.97 Å². The van der Waals surface area contributed by atoms with Crippen LogP contribution in [0.5, 0.6) is 5.75 Å². The largest absolute Gasteiger partial charge is 0.496 e. The summed E-state index contributed by atoms with van der Waals surface area (Å²) < 4.78 is 12.2. The first-order valence-corrected chi connectivity index (χ1v) is 15.3. The number of carboxylic acids is 1. The maximum Gasteiger partial charge on any atom is 0.331 e. The highest BCUT2D eigenvalue weighted by Gasteiger charge is 2.24. The van der Waals surface area contributed by atoms with Gasteiger partial charge in [-0.1, -0.05) is 61.5 Å². The molecule has 0 spiro atoms. The number of carbonyl (C=O) groups is 2. The molecule has 4 rings (SSSR count). The molecule has 41 heavy (non-hydrogen) atoms. The van der Waals surface area contributed by atoms with E-state index in [-0.39, 0.29) is 27.3 Å². The molecule has 218 valence electrons. The summed E-state index contributed by atoms with van der Waals surface area (Å²) in [6, 6.07) is 8.80. The third kappa shape index (κ3) is 7.68. The van der Waals surface area contributed by atoms with E-state index >= 15 is 0 Å². The van der Waals surface area contributed by atoms with Crippen molar-refractivity contribution < 1.29 is 24.2 Å². The number of methoxy groups -OCH3 is 1. The van der Waals surface area contributed by atoms with Crippen LogP contribution in [0, 0.1) is 5.92 Å². The molecule has 0 aliphatic heterocycles. The number of anilines is 1. The number of nitrogens with zero attached hydrogens (tertiary/aromatic N) is 1. The number of carboxylic acid groups (broad SMARTS) is 1. The summed E-state index contributed by atoms with van der Waals surface area (Å²) in [5, 5.41) is 14.5. The third-order valence-corrected chi connectivity index (χ3v) is 8.75. The van der Waals surface area contributed by atoms with Crippen molar-refractivity contribution in [1.82, 2.24) is 4.98 Å². The van der Waals surface area contributed by atoms with Gasteiger partial charge < -0.3 is 14.6 Å². The van der Waals surface area contributed by atoms with E-state index in [0.717, 1.165) is 17.5 Å². The summed E-state index contributed by atoms with van der Waals surface area (Å²) in [4.78, 5) is 28.8. The summed E-state index contributed by atoms with van der Waals surface area (Å²) in [5.74, 6) is -0.215. The molecule has 1 aliphatic rings. The Hall–Kier alpha value is -2.91. The van der Waals surface area contributed by atoms with E-state index in [4.69, 9.17) is 37.8 Å². The van der Waals surface area contributed by atoms with Crippen molar-refractivity contribution in [2.45, 2.75) is 65.1 Å². The van der Waals surface area contributed by atoms with Crippen molar-refractivity contribution in [1.29, 1.82) is 0 Å². The summed E-state index contributed by atoms with van der Waals surface area (Å²) in [7, 11) is 1.64. The van der Waals surface area contributed by atoms with E-state index in [0.29, 0.717) is 34.7 Å². The van der Waals surface area contributed by atoms with Gasteiger partial charge in [0.25, 0.3) is 5.91 Å². The zero-order valence-electron chi connectivity index (χ0n) is 23.3. The van der Waals surface area contributed by atoms with Gasteiger partial charge in [-0.05, 0) is 56.4 Å². The Morgan fingerprint density at radius 1 is 1.20 bits per heavy atom. The number of carbonyl (C=O) groups excluding carboxylic acids is 1. The van der Waals surface area contributed by atoms with Crippen molar-refractivity contribution in [2.24, 2.45) is 5.92 Å². The second kappa shape index (κ2) is 14.3. The quantitative estimate of drug-likeness (QED) is 0.209. The summed E-state index contributed by atoms with van der Waals surface area (Å²) in [6.45, 7) is 4.08. The standard InChI is InChI=1S/C31H34Cl2N2O5S/c1-4-27(19-9-6-5-7-10-19)40-16-20-11-8-12-22(28(20)39-3)26-17-41-31(34-26)35-29(36)21-14-24(32)23(25(33)15-21)13-18(2)30(37)38/h8,11-15,17,19,27H,4-7,9-10,16H2,1-3H3,(H,37,38)(H,34,35,36). The fourth-order valence-corrected chi connectivity index (χ4v) is 6.49. The van der Waals surface area contributed by atoms with E-state index in [1.54, 1.807) is 7.11 Å². The molecule has 1 aliphatic carbocycles. The predicted molar refractivity (Wildman–Crippen MR) is 165 cm³/mol. The number of halogens is 2. The number of aliphatic carboxylic acids is 1. The Balaban J connectivity index is 1.49. The highest BCUT2D eigenvalue weighted by atomic mass is 35.5. The summed E-state index contributed by atoms with van der Waals surface area (Å²) >= 11 is 13.9. The first kappa shape index (κ1) is 31.0. The first-order chi connectivity index (χ1) is 19.7. The van der Waals surface area contributed by atoms with E-state index in [2.05, 4.69) is 17.2 Å². The van der Waals surface area contributed by atoms with Crippen molar-refractivity contribution >= 4 is 57.6 Å². The smallest absolute Gasteiger partial charge is 0.331 e. The number of benzene rings is 2. The highest BCUT2D eigenvalue weighted by molar-refractivity contribution is 7.14. The van der Waals surface area contributed by atoms with Crippen LogP contribution in [0.15, 0.2) is 41.3 Å². The van der Waals surface area contributed by atoms with Crippen LogP contribution in [0.1, 0.15) is 73.9 Å². The van der Waals surface area contributed by atoms with Crippen LogP contribution < -0.4 is 10.1 Å². The molecular formula is C31H34Cl2N2O5S. The van der Waals surface area contributed by atoms with E-state index < -0.39 is 11.9 Å². The first-order valence-electron chi connectivity index (χ1n) is 13.7. The average Bonchev–Trinajstić information content (AvgIpc) is 3.43. The zero-order valence-corrected chi connectivity index (χ0v) is 25.7. The molecule has 10 heteroatoms. The van der Waals surface area contributed by atoms with E-state index in [1.165, 1.54) is 68.6 Å². The summed E-state index contributed by atoms with van der Waals surface area (Å²) in [5.41, 5.74) is 3.07. The number of nitrogens with one attached hydrogen (secondary N) is 1. The van der Waals surface area contributed by atoms with Gasteiger partial charge in [-0.25, -0.2) is 9.78 Å². The van der Waals surface area contributed by atoms with Crippen molar-refractivity contribution in [3.05, 3.63) is 68.0 Å². The van der Waals surface area contributed by atoms with Gasteiger partial charge in [-0.15, -0.1) is 11.3 Å². The lowest BCUT2D eigenvalue weighted by Gasteiger charge is -2.29. The van der Waals surface area contributed by atoms with Crippen LogP contribution in [0.25, 0.3) is 17.3 Å². The normalized spacial score (nSPS) is 15.0. The molecule has 1 amide bonds. The van der Waals surface area contributed by atoms with Crippen molar-refractivity contribution in [2.75, 3.05) is 12.4 Å². The molecule has 0 bridgehead atoms. The van der Waals surface area contributed by atoms with Gasteiger partial charge in [0.05, 0.1) is 35.6 Å². The van der Waals surface area contributed by atoms with Crippen LogP contribution in [-0.4, -0.2) is 35.2 Å². The Bertz CT molecular complexity index is 1410. The van der Waals surface area contributed by atoms with Crippen LogP contribution in [-0.2, 0) is 16.1 Å². The topological polar surface area (TPSA) is 97.8 Å². The number of ether oxygens (including phenoxy) is 2. The molecule has 1 fully saturated rings. The molecule has 0 saturated heterocycles. The lowest BCUT2D eigenvalue weighted by atomic mass is 9.84. The van der Waals surface area contributed by atoms with Gasteiger partial charge in [-0.2, -0.15) is 0 Å². The molecule has 1 saturated carbocycles. The Labute approximate surface area is 254 Å². The van der Waals surface area contributed by atoms with Crippen LogP contribution in [0.2, 0.25) is 10.0 Å². The molecule has 2 aromatic carbocycles. The van der Waals surface area contributed by atoms with Gasteiger partial charge in [0.2, 0.25) is 0 Å². The molecule has 2 N–H and O–H groups in total. The molecule has 1 unspecified atom stereocenters. The number of hydrogen-bond donors (Lipinski definition) is 2. The molecule has 3 aromatic rings. The number of para-hydroxylation sites is 1. The predicted octanol–water partition coefficient (Wildman–Crippen LogP) is 8.74. The molecule has 0 radical (unpaired) electrons. The number of amides is 1. The Kier molecular flexibility index (Phi) is 10.8. The minimum Gasteiger partial charge on any atom is -0.496 e. The molecular weight excluding hydrogens is 583 g/mol. The molecule has 1 aromatic heterocycles. The molecule has 1 heterocycles. The second-order valence-corrected chi connectivity index (χ2v) is 11.8. The third-order valence-electron chi connectivity index (χ3n) is 7.37. The maximum atomic E-state index is 13.0. The van der Waals surface area contributed by atoms with Crippen LogP contribution in [0.3, 0.4) is 0 Å². The summed E-state index contributed by atoms with van der Waals surface area (Å²) in [6.07, 6.45) is 8.92. The van der Waals surface area contributed by atoms with E-state index in [1.807, 2.05) is 23.6 Å². The molecule has 1 atom stereocenters. The van der Waals surface area contributed by atoms with Gasteiger partial charge in [0.1, 0.15) is 5.75 Å². The highest BCUT2D eigenvalue weighted by Crippen LogP contribution is 2.37. The lowest BCUT2D eigenvalue weighted by molar-refractivity contribution is -0.132. The second-order valence-electron chi connectivity index (χ2n) is 10.1. The van der Waals surface area contributed by atoms with Crippen molar-refractivity contribution in [3.8, 4) is 17.0 Å². The fraction of sp³-hybridized carbons (Fsp3) is 0.387. The minimum absolute atomic E-state index is 0.0711. The fourth-order valence-electron chi connectivity index (χ4n) is 5.19. The van der Waals surface area contributed by atoms with Crippen molar-refractivity contribution in [3.63, 3.8) is 0 Å². The average molecular weight is 618 g/mol. The Morgan fingerprint density at radius 3 is 2.54 bits per heavy atom. The zero-order chi connectivity index (χ0) is 29.5. The number of thiazole rings is 1. The number of rotatable bonds is 11. The van der Waals surface area contributed by atoms with Gasteiger partial charge in [0, 0.05) is 33.2 Å². The number of hydrogen-bond acceptors (Lipinski definition) is 6. The maximum absolute atomic E-state index is 13.0. The lowest BCUT2D eigenvalue weighted by Crippen LogP contribution is -2.25. The molecule has 7 nitrogen and oxygen atoms in total. The Morgan fingerprint density at radius 2 is 1.90 bits per heavy atom.